The van der Waals surface area contributed by atoms with Gasteiger partial charge in [-0.15, -0.1) is 11.3 Å². The second-order valence-corrected chi connectivity index (χ2v) is 8.92. The van der Waals surface area contributed by atoms with Crippen molar-refractivity contribution >= 4 is 37.4 Å². The molecular weight excluding hydrogens is 384 g/mol. The molecule has 1 atom stereocenters. The standard InChI is InChI=1S/C19H20N2O4S2/c22-19(20-23)17(8-6-14-4-2-1-3-5-14)21-27(24,25)13-15-7-9-18-16(12-15)10-11-26-18/h1-5,7,9-12,17,21,23H,6,8,13H2,(H,20,22). The molecule has 2 aromatic carbocycles. The van der Waals surface area contributed by atoms with E-state index in [9.17, 15) is 13.2 Å². The van der Waals surface area contributed by atoms with E-state index in [0.29, 0.717) is 12.0 Å². The van der Waals surface area contributed by atoms with E-state index in [1.54, 1.807) is 22.9 Å². The highest BCUT2D eigenvalue weighted by Crippen LogP contribution is 2.22. The molecule has 1 aromatic heterocycles. The Hall–Kier alpha value is -2.26. The van der Waals surface area contributed by atoms with Gasteiger partial charge in [0, 0.05) is 4.70 Å². The van der Waals surface area contributed by atoms with Gasteiger partial charge >= 0.3 is 0 Å². The molecule has 0 aliphatic heterocycles. The molecule has 1 heterocycles. The molecule has 0 saturated heterocycles. The van der Waals surface area contributed by atoms with E-state index >= 15 is 0 Å². The Labute approximate surface area is 161 Å². The lowest BCUT2D eigenvalue weighted by Gasteiger charge is -2.17. The van der Waals surface area contributed by atoms with Crippen molar-refractivity contribution in [3.05, 3.63) is 71.1 Å². The monoisotopic (exact) mass is 404 g/mol. The van der Waals surface area contributed by atoms with Crippen LogP contribution in [0.5, 0.6) is 0 Å². The number of rotatable bonds is 8. The van der Waals surface area contributed by atoms with Gasteiger partial charge in [0.05, 0.1) is 5.75 Å². The zero-order chi connectivity index (χ0) is 19.3. The van der Waals surface area contributed by atoms with Gasteiger partial charge in [0.1, 0.15) is 6.04 Å². The van der Waals surface area contributed by atoms with Crippen LogP contribution < -0.4 is 10.2 Å². The molecule has 1 amide bonds. The van der Waals surface area contributed by atoms with Gasteiger partial charge < -0.3 is 0 Å². The Bertz CT molecular complexity index is 1020. The number of fused-ring (bicyclic) bond motifs is 1. The number of hydroxylamine groups is 1. The molecule has 0 fully saturated rings. The molecule has 0 bridgehead atoms. The molecule has 0 saturated carbocycles. The zero-order valence-electron chi connectivity index (χ0n) is 14.5. The number of amides is 1. The van der Waals surface area contributed by atoms with Crippen LogP contribution in [0.2, 0.25) is 0 Å². The molecule has 142 valence electrons. The molecule has 3 rings (SSSR count). The summed E-state index contributed by atoms with van der Waals surface area (Å²) in [4.78, 5) is 11.9. The highest BCUT2D eigenvalue weighted by molar-refractivity contribution is 7.88. The van der Waals surface area contributed by atoms with Crippen LogP contribution in [-0.4, -0.2) is 25.6 Å². The Balaban J connectivity index is 1.69. The molecule has 3 aromatic rings. The molecular formula is C19H20N2O4S2. The minimum Gasteiger partial charge on any atom is -0.289 e. The van der Waals surface area contributed by atoms with Gasteiger partial charge in [-0.2, -0.15) is 0 Å². The summed E-state index contributed by atoms with van der Waals surface area (Å²) in [6.45, 7) is 0. The van der Waals surface area contributed by atoms with Crippen molar-refractivity contribution in [1.82, 2.24) is 10.2 Å². The third-order valence-electron chi connectivity index (χ3n) is 4.19. The summed E-state index contributed by atoms with van der Waals surface area (Å²) in [5.41, 5.74) is 3.16. The van der Waals surface area contributed by atoms with Crippen LogP contribution in [0, 0.1) is 0 Å². The third kappa shape index (κ3) is 5.36. The first kappa shape index (κ1) is 19.5. The second-order valence-electron chi connectivity index (χ2n) is 6.22. The number of hydrogen-bond donors (Lipinski definition) is 3. The van der Waals surface area contributed by atoms with E-state index in [1.165, 1.54) is 0 Å². The van der Waals surface area contributed by atoms with Crippen LogP contribution in [0.1, 0.15) is 17.5 Å². The van der Waals surface area contributed by atoms with Crippen molar-refractivity contribution in [2.24, 2.45) is 0 Å². The van der Waals surface area contributed by atoms with E-state index in [0.717, 1.165) is 15.6 Å². The Morgan fingerprint density at radius 2 is 1.85 bits per heavy atom. The zero-order valence-corrected chi connectivity index (χ0v) is 16.1. The van der Waals surface area contributed by atoms with Crippen molar-refractivity contribution in [2.45, 2.75) is 24.6 Å². The molecule has 0 aliphatic carbocycles. The lowest BCUT2D eigenvalue weighted by molar-refractivity contribution is -0.131. The van der Waals surface area contributed by atoms with Crippen LogP contribution >= 0.6 is 11.3 Å². The Morgan fingerprint density at radius 3 is 2.59 bits per heavy atom. The summed E-state index contributed by atoms with van der Waals surface area (Å²) in [5.74, 6) is -1.01. The van der Waals surface area contributed by atoms with Crippen LogP contribution in [0.25, 0.3) is 10.1 Å². The average Bonchev–Trinajstić information content (AvgIpc) is 3.12. The first-order chi connectivity index (χ1) is 13.0. The van der Waals surface area contributed by atoms with E-state index < -0.39 is 22.0 Å². The number of carbonyl (C=O) groups is 1. The number of benzene rings is 2. The lowest BCUT2D eigenvalue weighted by Crippen LogP contribution is -2.46. The summed E-state index contributed by atoms with van der Waals surface area (Å²) in [7, 11) is -3.76. The van der Waals surface area contributed by atoms with Gasteiger partial charge in [-0.3, -0.25) is 10.0 Å². The highest BCUT2D eigenvalue weighted by atomic mass is 32.2. The maximum absolute atomic E-state index is 12.5. The summed E-state index contributed by atoms with van der Waals surface area (Å²) >= 11 is 1.59. The predicted octanol–water partition coefficient (Wildman–Crippen LogP) is 2.83. The number of aryl methyl sites for hydroxylation is 1. The van der Waals surface area contributed by atoms with Crippen molar-refractivity contribution < 1.29 is 18.4 Å². The molecule has 6 nitrogen and oxygen atoms in total. The fourth-order valence-corrected chi connectivity index (χ4v) is 4.99. The van der Waals surface area contributed by atoms with Gasteiger partial charge in [-0.05, 0) is 52.9 Å². The fraction of sp³-hybridized carbons (Fsp3) is 0.211. The molecule has 0 spiro atoms. The largest absolute Gasteiger partial charge is 0.289 e. The average molecular weight is 405 g/mol. The van der Waals surface area contributed by atoms with Gasteiger partial charge in [0.25, 0.3) is 5.91 Å². The van der Waals surface area contributed by atoms with E-state index in [2.05, 4.69) is 4.72 Å². The first-order valence-corrected chi connectivity index (χ1v) is 10.9. The molecule has 0 radical (unpaired) electrons. The predicted molar refractivity (Wildman–Crippen MR) is 106 cm³/mol. The van der Waals surface area contributed by atoms with E-state index in [-0.39, 0.29) is 12.2 Å². The quantitative estimate of drug-likeness (QED) is 0.397. The molecule has 8 heteroatoms. The summed E-state index contributed by atoms with van der Waals surface area (Å²) in [5, 5.41) is 11.9. The maximum atomic E-state index is 12.5. The van der Waals surface area contributed by atoms with Gasteiger partial charge in [-0.25, -0.2) is 18.6 Å². The van der Waals surface area contributed by atoms with Gasteiger partial charge in [0.15, 0.2) is 0 Å². The van der Waals surface area contributed by atoms with E-state index in [1.807, 2.05) is 53.9 Å². The molecule has 27 heavy (non-hydrogen) atoms. The SMILES string of the molecule is O=C(NO)C(CCc1ccccc1)NS(=O)(=O)Cc1ccc2sccc2c1. The summed E-state index contributed by atoms with van der Waals surface area (Å²) in [6, 6.07) is 15.8. The number of carbonyl (C=O) groups excluding carboxylic acids is 1. The Morgan fingerprint density at radius 1 is 1.07 bits per heavy atom. The Kier molecular flexibility index (Phi) is 6.22. The highest BCUT2D eigenvalue weighted by Gasteiger charge is 2.24. The van der Waals surface area contributed by atoms with Crippen molar-refractivity contribution in [3.63, 3.8) is 0 Å². The van der Waals surface area contributed by atoms with Crippen LogP contribution in [0.15, 0.2) is 60.0 Å². The normalized spacial score (nSPS) is 12.8. The number of thiophene rings is 1. The molecule has 3 N–H and O–H groups in total. The minimum atomic E-state index is -3.76. The van der Waals surface area contributed by atoms with Crippen molar-refractivity contribution in [2.75, 3.05) is 0 Å². The topological polar surface area (TPSA) is 95.5 Å². The maximum Gasteiger partial charge on any atom is 0.261 e. The smallest absolute Gasteiger partial charge is 0.261 e. The van der Waals surface area contributed by atoms with Crippen LogP contribution in [-0.2, 0) is 27.0 Å². The number of sulfonamides is 1. The second kappa shape index (κ2) is 8.62. The van der Waals surface area contributed by atoms with Crippen molar-refractivity contribution in [3.8, 4) is 0 Å². The summed E-state index contributed by atoms with van der Waals surface area (Å²) < 4.78 is 28.6. The number of nitrogens with one attached hydrogen (secondary N) is 2. The van der Waals surface area contributed by atoms with Crippen LogP contribution in [0.3, 0.4) is 0 Å². The molecule has 0 aliphatic rings. The van der Waals surface area contributed by atoms with E-state index in [4.69, 9.17) is 5.21 Å². The minimum absolute atomic E-state index is 0.235. The third-order valence-corrected chi connectivity index (χ3v) is 6.44. The van der Waals surface area contributed by atoms with Crippen LogP contribution in [0.4, 0.5) is 0 Å². The summed E-state index contributed by atoms with van der Waals surface area (Å²) in [6.07, 6.45) is 0.738. The van der Waals surface area contributed by atoms with Gasteiger partial charge in [-0.1, -0.05) is 36.4 Å². The van der Waals surface area contributed by atoms with Gasteiger partial charge in [0.2, 0.25) is 10.0 Å². The number of hydrogen-bond acceptors (Lipinski definition) is 5. The fourth-order valence-electron chi connectivity index (χ4n) is 2.86. The molecule has 1 unspecified atom stereocenters. The van der Waals surface area contributed by atoms with Crippen molar-refractivity contribution in [1.29, 1.82) is 0 Å². The first-order valence-electron chi connectivity index (χ1n) is 8.41. The lowest BCUT2D eigenvalue weighted by atomic mass is 10.1.